The van der Waals surface area contributed by atoms with E-state index < -0.39 is 18.0 Å². The average molecular weight is 358 g/mol. The van der Waals surface area contributed by atoms with Crippen LogP contribution < -0.4 is 10.2 Å². The van der Waals surface area contributed by atoms with Crippen molar-refractivity contribution in [2.24, 2.45) is 0 Å². The Hall–Kier alpha value is -2.90. The lowest BCUT2D eigenvalue weighted by Gasteiger charge is -2.17. The lowest BCUT2D eigenvalue weighted by molar-refractivity contribution is -0.119. The monoisotopic (exact) mass is 358 g/mol. The number of carbonyl (C=O) groups excluding carboxylic acids is 2. The topological polar surface area (TPSA) is 87.3 Å². The van der Waals surface area contributed by atoms with Gasteiger partial charge in [-0.1, -0.05) is 0 Å². The fraction of sp³-hybridized carbons (Fsp3) is 0.389. The van der Waals surface area contributed by atoms with Crippen LogP contribution in [0.2, 0.25) is 0 Å². The number of aromatic amines is 1. The molecule has 2 aromatic rings. The molecule has 2 aliphatic rings. The van der Waals surface area contributed by atoms with Gasteiger partial charge < -0.3 is 10.1 Å². The zero-order valence-electron chi connectivity index (χ0n) is 14.3. The Bertz CT molecular complexity index is 879. The Balaban J connectivity index is 1.64. The number of halogens is 1. The van der Waals surface area contributed by atoms with Crippen LogP contribution in [0, 0.1) is 5.82 Å². The molecule has 0 bridgehead atoms. The predicted octanol–water partition coefficient (Wildman–Crippen LogP) is 2.17. The van der Waals surface area contributed by atoms with E-state index in [1.54, 1.807) is 12.3 Å². The van der Waals surface area contributed by atoms with Gasteiger partial charge in [0.2, 0.25) is 5.91 Å². The van der Waals surface area contributed by atoms with Crippen molar-refractivity contribution in [1.29, 1.82) is 0 Å². The van der Waals surface area contributed by atoms with Crippen molar-refractivity contribution in [2.75, 3.05) is 18.0 Å². The summed E-state index contributed by atoms with van der Waals surface area (Å²) >= 11 is 0. The minimum Gasteiger partial charge on any atom is -0.442 e. The number of carbonyl (C=O) groups is 2. The molecular weight excluding hydrogens is 339 g/mol. The van der Waals surface area contributed by atoms with Crippen LogP contribution in [0.3, 0.4) is 0 Å². The maximum Gasteiger partial charge on any atom is 0.414 e. The lowest BCUT2D eigenvalue weighted by Crippen LogP contribution is -2.33. The number of H-pyrrole nitrogens is 1. The van der Waals surface area contributed by atoms with Crippen LogP contribution >= 0.6 is 0 Å². The van der Waals surface area contributed by atoms with Crippen LogP contribution in [0.5, 0.6) is 0 Å². The summed E-state index contributed by atoms with van der Waals surface area (Å²) in [5, 5.41) is 9.63. The van der Waals surface area contributed by atoms with Gasteiger partial charge in [-0.3, -0.25) is 14.8 Å². The Morgan fingerprint density at radius 2 is 2.23 bits per heavy atom. The molecule has 4 rings (SSSR count). The zero-order valence-corrected chi connectivity index (χ0v) is 14.3. The molecule has 2 heterocycles. The molecule has 0 saturated carbocycles. The van der Waals surface area contributed by atoms with Gasteiger partial charge in [-0.05, 0) is 42.5 Å². The smallest absolute Gasteiger partial charge is 0.414 e. The first-order valence-corrected chi connectivity index (χ1v) is 8.60. The van der Waals surface area contributed by atoms with Gasteiger partial charge in [-0.15, -0.1) is 0 Å². The first-order chi connectivity index (χ1) is 12.5. The van der Waals surface area contributed by atoms with Crippen molar-refractivity contribution in [3.8, 4) is 11.3 Å². The maximum atomic E-state index is 14.8. The van der Waals surface area contributed by atoms with E-state index in [-0.39, 0.29) is 24.7 Å². The summed E-state index contributed by atoms with van der Waals surface area (Å²) in [4.78, 5) is 24.5. The van der Waals surface area contributed by atoms with Crippen molar-refractivity contribution >= 4 is 17.7 Å². The molecule has 1 aliphatic heterocycles. The molecule has 0 radical (unpaired) electrons. The first-order valence-electron chi connectivity index (χ1n) is 8.60. The van der Waals surface area contributed by atoms with E-state index in [9.17, 15) is 14.0 Å². The number of benzene rings is 1. The van der Waals surface area contributed by atoms with Gasteiger partial charge >= 0.3 is 6.09 Å². The minimum absolute atomic E-state index is 0.199. The predicted molar refractivity (Wildman–Crippen MR) is 92.3 cm³/mol. The number of nitrogens with zero attached hydrogens (tertiary/aromatic N) is 2. The third-order valence-corrected chi connectivity index (χ3v) is 4.80. The van der Waals surface area contributed by atoms with Gasteiger partial charge in [0, 0.05) is 12.5 Å². The minimum atomic E-state index is -0.602. The molecule has 1 aromatic heterocycles. The number of nitrogens with one attached hydrogen (secondary N) is 2. The summed E-state index contributed by atoms with van der Waals surface area (Å²) < 4.78 is 20.1. The Morgan fingerprint density at radius 1 is 1.42 bits per heavy atom. The lowest BCUT2D eigenvalue weighted by atomic mass is 10.0. The number of anilines is 1. The number of fused-ring (bicyclic) bond motifs is 3. The van der Waals surface area contributed by atoms with Crippen molar-refractivity contribution in [3.05, 3.63) is 35.3 Å². The van der Waals surface area contributed by atoms with Crippen LogP contribution in [0.25, 0.3) is 11.3 Å². The highest BCUT2D eigenvalue weighted by Gasteiger charge is 2.34. The normalized spacial score (nSPS) is 18.8. The quantitative estimate of drug-likeness (QED) is 0.880. The molecule has 0 spiro atoms. The van der Waals surface area contributed by atoms with Gasteiger partial charge in [0.15, 0.2) is 0 Å². The van der Waals surface area contributed by atoms with Gasteiger partial charge in [0.25, 0.3) is 0 Å². The summed E-state index contributed by atoms with van der Waals surface area (Å²) in [5.41, 5.74) is 3.89. The van der Waals surface area contributed by atoms with Crippen LogP contribution in [0.15, 0.2) is 18.3 Å². The summed E-state index contributed by atoms with van der Waals surface area (Å²) in [6.07, 6.45) is 3.28. The Labute approximate surface area is 149 Å². The van der Waals surface area contributed by atoms with E-state index in [1.807, 2.05) is 0 Å². The van der Waals surface area contributed by atoms with Gasteiger partial charge in [0.1, 0.15) is 11.9 Å². The highest BCUT2D eigenvalue weighted by atomic mass is 19.1. The van der Waals surface area contributed by atoms with Gasteiger partial charge in [-0.25, -0.2) is 9.18 Å². The van der Waals surface area contributed by atoms with Crippen LogP contribution in [-0.4, -0.2) is 41.4 Å². The van der Waals surface area contributed by atoms with E-state index in [4.69, 9.17) is 4.74 Å². The molecule has 1 atom stereocenters. The van der Waals surface area contributed by atoms with E-state index in [1.165, 1.54) is 17.9 Å². The van der Waals surface area contributed by atoms with Crippen LogP contribution in [0.1, 0.15) is 24.5 Å². The first kappa shape index (κ1) is 16.6. The van der Waals surface area contributed by atoms with Crippen molar-refractivity contribution in [3.63, 3.8) is 0 Å². The number of aryl methyl sites for hydroxylation is 2. The fourth-order valence-electron chi connectivity index (χ4n) is 3.54. The fourth-order valence-corrected chi connectivity index (χ4v) is 3.54. The van der Waals surface area contributed by atoms with E-state index in [0.29, 0.717) is 0 Å². The molecule has 8 heteroatoms. The summed E-state index contributed by atoms with van der Waals surface area (Å²) in [6.45, 7) is 1.80. The second-order valence-electron chi connectivity index (χ2n) is 6.64. The summed E-state index contributed by atoms with van der Waals surface area (Å²) in [7, 11) is 0. The largest absolute Gasteiger partial charge is 0.442 e. The molecular formula is C18H19FN4O3. The number of ether oxygens (including phenoxy) is 1. The number of aromatic nitrogens is 2. The molecule has 26 heavy (non-hydrogen) atoms. The molecule has 136 valence electrons. The number of hydrogen-bond acceptors (Lipinski definition) is 4. The number of rotatable bonds is 3. The van der Waals surface area contributed by atoms with Crippen molar-refractivity contribution in [1.82, 2.24) is 15.5 Å². The zero-order chi connectivity index (χ0) is 18.3. The molecule has 1 aromatic carbocycles. The molecule has 0 unspecified atom stereocenters. The van der Waals surface area contributed by atoms with E-state index >= 15 is 0 Å². The highest BCUT2D eigenvalue weighted by molar-refractivity contribution is 5.91. The second kappa shape index (κ2) is 6.44. The average Bonchev–Trinajstić information content (AvgIpc) is 3.17. The second-order valence-corrected chi connectivity index (χ2v) is 6.64. The number of amides is 2. The maximum absolute atomic E-state index is 14.8. The van der Waals surface area contributed by atoms with Gasteiger partial charge in [0.05, 0.1) is 30.7 Å². The molecule has 1 saturated heterocycles. The SMILES string of the molecule is CC(=O)NC[C@H]1CN(c2cc3c(cc2F)-c2[nH]ncc2CCC3)C(=O)O1. The van der Waals surface area contributed by atoms with Crippen LogP contribution in [0.4, 0.5) is 14.9 Å². The Morgan fingerprint density at radius 3 is 3.04 bits per heavy atom. The summed E-state index contributed by atoms with van der Waals surface area (Å²) in [6, 6.07) is 3.18. The third-order valence-electron chi connectivity index (χ3n) is 4.80. The molecule has 7 nitrogen and oxygen atoms in total. The van der Waals surface area contributed by atoms with Crippen molar-refractivity contribution < 1.29 is 18.7 Å². The molecule has 1 aliphatic carbocycles. The summed E-state index contributed by atoms with van der Waals surface area (Å²) in [5.74, 6) is -0.686. The van der Waals surface area contributed by atoms with Crippen molar-refractivity contribution in [2.45, 2.75) is 32.3 Å². The third kappa shape index (κ3) is 2.91. The number of cyclic esters (lactones) is 1. The van der Waals surface area contributed by atoms with E-state index in [0.717, 1.165) is 41.6 Å². The molecule has 1 fully saturated rings. The molecule has 2 N–H and O–H groups in total. The Kier molecular flexibility index (Phi) is 4.10. The number of hydrogen-bond donors (Lipinski definition) is 2. The standard InChI is InChI=1S/C18H19FN4O3/c1-10(24)20-8-13-9-23(18(25)26-13)16-5-11-3-2-4-12-7-21-22-17(12)14(11)6-15(16)19/h5-7,13H,2-4,8-9H2,1H3,(H,20,24)(H,21,22)/t13-/m0/s1. The highest BCUT2D eigenvalue weighted by Crippen LogP contribution is 2.36. The van der Waals surface area contributed by atoms with E-state index in [2.05, 4.69) is 15.5 Å². The van der Waals surface area contributed by atoms with Gasteiger partial charge in [-0.2, -0.15) is 5.10 Å². The molecule has 2 amide bonds. The van der Waals surface area contributed by atoms with Crippen LogP contribution in [-0.2, 0) is 22.4 Å².